The number of oxazole rings is 1. The Hall–Kier alpha value is -2.39. The van der Waals surface area contributed by atoms with Gasteiger partial charge < -0.3 is 24.7 Å². The lowest BCUT2D eigenvalue weighted by Crippen LogP contribution is -2.53. The van der Waals surface area contributed by atoms with Crippen molar-refractivity contribution in [2.24, 2.45) is 5.73 Å². The first-order valence-electron chi connectivity index (χ1n) is 10.5. The molecule has 1 saturated heterocycles. The number of hydrogen-bond acceptors (Lipinski definition) is 7. The van der Waals surface area contributed by atoms with E-state index < -0.39 is 6.10 Å². The van der Waals surface area contributed by atoms with Crippen LogP contribution in [0.15, 0.2) is 28.9 Å². The Morgan fingerprint density at radius 2 is 2.12 bits per heavy atom. The third kappa shape index (κ3) is 3.71. The first-order valence-corrected chi connectivity index (χ1v) is 11.3. The van der Waals surface area contributed by atoms with Crippen LogP contribution in [0.5, 0.6) is 0 Å². The van der Waals surface area contributed by atoms with Gasteiger partial charge in [-0.1, -0.05) is 23.2 Å². The van der Waals surface area contributed by atoms with Gasteiger partial charge in [0.15, 0.2) is 11.7 Å². The van der Waals surface area contributed by atoms with E-state index in [0.29, 0.717) is 59.7 Å². The van der Waals surface area contributed by atoms with Crippen molar-refractivity contribution in [3.63, 3.8) is 0 Å². The smallest absolute Gasteiger partial charge is 0.254 e. The molecular formula is C22H23Cl2N5O3. The van der Waals surface area contributed by atoms with Crippen LogP contribution in [0.2, 0.25) is 10.0 Å². The lowest BCUT2D eigenvalue weighted by molar-refractivity contribution is -0.147. The van der Waals surface area contributed by atoms with Crippen LogP contribution in [0.4, 0.5) is 5.69 Å². The molecule has 2 aliphatic rings. The molecule has 0 spiro atoms. The number of nitrogens with zero attached hydrogens (tertiary/aromatic N) is 4. The zero-order chi connectivity index (χ0) is 22.4. The number of fused-ring (bicyclic) bond motifs is 2. The Labute approximate surface area is 195 Å². The number of pyridine rings is 1. The van der Waals surface area contributed by atoms with E-state index >= 15 is 0 Å². The van der Waals surface area contributed by atoms with Crippen LogP contribution >= 0.6 is 23.2 Å². The zero-order valence-corrected chi connectivity index (χ0v) is 19.1. The monoisotopic (exact) mass is 475 g/mol. The highest BCUT2D eigenvalue weighted by molar-refractivity contribution is 6.35. The Bertz CT molecular complexity index is 1180. The van der Waals surface area contributed by atoms with E-state index in [4.69, 9.17) is 38.1 Å². The average molecular weight is 476 g/mol. The van der Waals surface area contributed by atoms with Gasteiger partial charge in [-0.15, -0.1) is 0 Å². The zero-order valence-electron chi connectivity index (χ0n) is 17.6. The summed E-state index contributed by atoms with van der Waals surface area (Å²) in [6, 6.07) is 3.49. The van der Waals surface area contributed by atoms with Gasteiger partial charge >= 0.3 is 0 Å². The van der Waals surface area contributed by atoms with Gasteiger partial charge in [-0.25, -0.2) is 4.98 Å². The fraction of sp³-hybridized carbons (Fsp3) is 0.409. The summed E-state index contributed by atoms with van der Waals surface area (Å²) in [5.41, 5.74) is 9.77. The molecule has 4 heterocycles. The molecule has 168 valence electrons. The van der Waals surface area contributed by atoms with Crippen molar-refractivity contribution < 1.29 is 13.9 Å². The second-order valence-corrected chi connectivity index (χ2v) is 8.89. The molecule has 32 heavy (non-hydrogen) atoms. The van der Waals surface area contributed by atoms with Gasteiger partial charge in [-0.05, 0) is 36.6 Å². The first kappa shape index (κ1) is 21.5. The maximum absolute atomic E-state index is 13.5. The normalized spacial score (nSPS) is 21.1. The van der Waals surface area contributed by atoms with Crippen LogP contribution in [0.3, 0.4) is 0 Å². The van der Waals surface area contributed by atoms with Gasteiger partial charge in [-0.2, -0.15) is 0 Å². The lowest BCUT2D eigenvalue weighted by Gasteiger charge is -2.40. The van der Waals surface area contributed by atoms with Crippen molar-refractivity contribution in [1.29, 1.82) is 0 Å². The van der Waals surface area contributed by atoms with Crippen molar-refractivity contribution in [3.05, 3.63) is 51.6 Å². The van der Waals surface area contributed by atoms with E-state index in [1.165, 1.54) is 0 Å². The van der Waals surface area contributed by atoms with Crippen LogP contribution < -0.4 is 10.6 Å². The van der Waals surface area contributed by atoms with Crippen LogP contribution in [-0.4, -0.2) is 53.1 Å². The van der Waals surface area contributed by atoms with Crippen molar-refractivity contribution >= 4 is 45.9 Å². The standard InChI is InChI=1S/C22H23Cl2N5O3/c1-12-20-13(6-14(23)7-15(20)24)2-3-29(12)22(30)18-11-28(4-5-31-18)17-10-26-9-16-21(17)32-19(8-25)27-16/h6-7,9-10,12,18H,2-5,8,11,25H2,1H3/t12-,18+/m0/s1. The highest BCUT2D eigenvalue weighted by Gasteiger charge is 2.36. The first-order chi connectivity index (χ1) is 15.5. The molecule has 3 aromatic rings. The van der Waals surface area contributed by atoms with Gasteiger partial charge in [-0.3, -0.25) is 9.78 Å². The van der Waals surface area contributed by atoms with Gasteiger partial charge in [0.1, 0.15) is 11.2 Å². The number of nitrogens with two attached hydrogens (primary N) is 1. The molecule has 2 aromatic heterocycles. The molecule has 1 amide bonds. The van der Waals surface area contributed by atoms with E-state index in [9.17, 15) is 4.79 Å². The van der Waals surface area contributed by atoms with Gasteiger partial charge in [0.05, 0.1) is 38.1 Å². The minimum absolute atomic E-state index is 0.0563. The summed E-state index contributed by atoms with van der Waals surface area (Å²) in [5.74, 6) is 0.396. The number of anilines is 1. The summed E-state index contributed by atoms with van der Waals surface area (Å²) >= 11 is 12.6. The molecule has 8 nitrogen and oxygen atoms in total. The van der Waals surface area contributed by atoms with Gasteiger partial charge in [0.25, 0.3) is 5.91 Å². The molecule has 0 aliphatic carbocycles. The van der Waals surface area contributed by atoms with Crippen molar-refractivity contribution in [2.75, 3.05) is 31.1 Å². The number of carbonyl (C=O) groups is 1. The van der Waals surface area contributed by atoms with E-state index in [-0.39, 0.29) is 18.5 Å². The number of benzene rings is 1. The number of ether oxygens (including phenoxy) is 1. The highest BCUT2D eigenvalue weighted by atomic mass is 35.5. The van der Waals surface area contributed by atoms with Crippen molar-refractivity contribution in [1.82, 2.24) is 14.9 Å². The van der Waals surface area contributed by atoms with E-state index in [1.807, 2.05) is 17.9 Å². The van der Waals surface area contributed by atoms with Crippen LogP contribution in [-0.2, 0) is 22.5 Å². The second-order valence-electron chi connectivity index (χ2n) is 8.04. The fourth-order valence-electron chi connectivity index (χ4n) is 4.61. The number of morpholine rings is 1. The summed E-state index contributed by atoms with van der Waals surface area (Å²) in [4.78, 5) is 26.0. The average Bonchev–Trinajstić information content (AvgIpc) is 3.22. The topological polar surface area (TPSA) is 97.7 Å². The molecular weight excluding hydrogens is 453 g/mol. The molecule has 2 atom stereocenters. The Morgan fingerprint density at radius 1 is 1.28 bits per heavy atom. The van der Waals surface area contributed by atoms with Crippen LogP contribution in [0.1, 0.15) is 30.0 Å². The summed E-state index contributed by atoms with van der Waals surface area (Å²) < 4.78 is 11.7. The maximum Gasteiger partial charge on any atom is 0.254 e. The van der Waals surface area contributed by atoms with Crippen molar-refractivity contribution in [3.8, 4) is 0 Å². The summed E-state index contributed by atoms with van der Waals surface area (Å²) in [7, 11) is 0. The molecule has 0 bridgehead atoms. The maximum atomic E-state index is 13.5. The third-order valence-corrected chi connectivity index (χ3v) is 6.68. The number of aromatic nitrogens is 2. The molecule has 10 heteroatoms. The van der Waals surface area contributed by atoms with E-state index in [2.05, 4.69) is 14.9 Å². The quantitative estimate of drug-likeness (QED) is 0.619. The fourth-order valence-corrected chi connectivity index (χ4v) is 5.30. The van der Waals surface area contributed by atoms with Gasteiger partial charge in [0, 0.05) is 23.1 Å². The predicted molar refractivity (Wildman–Crippen MR) is 122 cm³/mol. The van der Waals surface area contributed by atoms with E-state index in [1.54, 1.807) is 18.5 Å². The SMILES string of the molecule is C[C@H]1c2c(Cl)cc(Cl)cc2CCN1C(=O)[C@H]1CN(c2cncc3nc(CN)oc23)CCO1. The largest absolute Gasteiger partial charge is 0.437 e. The summed E-state index contributed by atoms with van der Waals surface area (Å²) in [6.07, 6.45) is 3.47. The van der Waals surface area contributed by atoms with Crippen LogP contribution in [0.25, 0.3) is 11.1 Å². The number of rotatable bonds is 3. The number of hydrogen-bond donors (Lipinski definition) is 1. The Morgan fingerprint density at radius 3 is 2.94 bits per heavy atom. The summed E-state index contributed by atoms with van der Waals surface area (Å²) in [5, 5.41) is 1.20. The molecule has 1 fully saturated rings. The second kappa shape index (κ2) is 8.51. The lowest BCUT2D eigenvalue weighted by atomic mass is 9.93. The van der Waals surface area contributed by atoms with E-state index in [0.717, 1.165) is 16.8 Å². The highest BCUT2D eigenvalue weighted by Crippen LogP contribution is 2.37. The summed E-state index contributed by atoms with van der Waals surface area (Å²) in [6.45, 7) is 4.21. The molecule has 2 N–H and O–H groups in total. The number of halogens is 2. The molecule has 0 unspecified atom stereocenters. The molecule has 2 aliphatic heterocycles. The minimum Gasteiger partial charge on any atom is -0.437 e. The molecule has 0 saturated carbocycles. The molecule has 5 rings (SSSR count). The van der Waals surface area contributed by atoms with Crippen LogP contribution in [0, 0.1) is 0 Å². The Kier molecular flexibility index (Phi) is 5.71. The number of amides is 1. The third-order valence-electron chi connectivity index (χ3n) is 6.15. The number of carbonyl (C=O) groups excluding carboxylic acids is 1. The minimum atomic E-state index is -0.606. The Balaban J connectivity index is 1.38. The molecule has 0 radical (unpaired) electrons. The van der Waals surface area contributed by atoms with Crippen molar-refractivity contribution in [2.45, 2.75) is 32.0 Å². The predicted octanol–water partition coefficient (Wildman–Crippen LogP) is 3.34. The van der Waals surface area contributed by atoms with Gasteiger partial charge in [0.2, 0.25) is 5.89 Å². The molecule has 1 aromatic carbocycles.